The molecule has 1 aromatic rings. The fourth-order valence-corrected chi connectivity index (χ4v) is 5.13. The SMILES string of the molecule is CCOP(=O)(OCC)Sc1nc(Cl)c(Cl)cc1Cl. The molecule has 1 heterocycles. The summed E-state index contributed by atoms with van der Waals surface area (Å²) in [5, 5.41) is 0.821. The first-order valence-corrected chi connectivity index (χ1v) is 9.12. The van der Waals surface area contributed by atoms with Gasteiger partial charge in [-0.15, -0.1) is 0 Å². The average Bonchev–Trinajstić information content (AvgIpc) is 2.26. The lowest BCUT2D eigenvalue weighted by Crippen LogP contribution is -1.94. The Kier molecular flexibility index (Phi) is 6.76. The van der Waals surface area contributed by atoms with Crippen LogP contribution in [-0.4, -0.2) is 18.2 Å². The molecule has 102 valence electrons. The Hall–Kier alpha value is 0.520. The van der Waals surface area contributed by atoms with E-state index in [9.17, 15) is 4.57 Å². The summed E-state index contributed by atoms with van der Waals surface area (Å²) in [5.74, 6) is 0. The van der Waals surface area contributed by atoms with Crippen LogP contribution < -0.4 is 0 Å². The largest absolute Gasteiger partial charge is 0.395 e. The highest BCUT2D eigenvalue weighted by Crippen LogP contribution is 2.64. The third-order valence-corrected chi connectivity index (χ3v) is 6.38. The highest BCUT2D eigenvalue weighted by Gasteiger charge is 2.28. The van der Waals surface area contributed by atoms with Gasteiger partial charge in [0.15, 0.2) is 0 Å². The molecule has 0 saturated carbocycles. The van der Waals surface area contributed by atoms with Gasteiger partial charge in [0, 0.05) is 11.4 Å². The predicted molar refractivity (Wildman–Crippen MR) is 76.0 cm³/mol. The first-order chi connectivity index (χ1) is 8.41. The smallest absolute Gasteiger partial charge is 0.301 e. The van der Waals surface area contributed by atoms with Crippen molar-refractivity contribution in [2.75, 3.05) is 13.2 Å². The summed E-state index contributed by atoms with van der Waals surface area (Å²) in [6.45, 7) is 0.608. The van der Waals surface area contributed by atoms with Gasteiger partial charge in [0.05, 0.1) is 23.3 Å². The van der Waals surface area contributed by atoms with Crippen LogP contribution in [-0.2, 0) is 13.6 Å². The number of pyridine rings is 1. The molecule has 0 amide bonds. The molecule has 18 heavy (non-hydrogen) atoms. The molecule has 0 fully saturated rings. The van der Waals surface area contributed by atoms with Crippen LogP contribution >= 0.6 is 53.0 Å². The van der Waals surface area contributed by atoms with Crippen molar-refractivity contribution in [2.45, 2.75) is 18.9 Å². The van der Waals surface area contributed by atoms with Crippen molar-refractivity contribution in [2.24, 2.45) is 0 Å². The molecule has 1 aromatic heterocycles. The van der Waals surface area contributed by atoms with Gasteiger partial charge in [0.25, 0.3) is 0 Å². The van der Waals surface area contributed by atoms with Crippen LogP contribution in [0.25, 0.3) is 0 Å². The zero-order valence-corrected chi connectivity index (χ0v) is 13.6. The van der Waals surface area contributed by atoms with E-state index in [0.29, 0.717) is 0 Å². The van der Waals surface area contributed by atoms with E-state index in [2.05, 4.69) is 4.98 Å². The number of rotatable bonds is 6. The summed E-state index contributed by atoms with van der Waals surface area (Å²) in [7, 11) is 0. The molecule has 0 spiro atoms. The summed E-state index contributed by atoms with van der Waals surface area (Å²) < 4.78 is 22.5. The second-order valence-corrected chi connectivity index (χ2v) is 7.96. The topological polar surface area (TPSA) is 48.4 Å². The van der Waals surface area contributed by atoms with Gasteiger partial charge in [-0.25, -0.2) is 9.55 Å². The molecule has 1 rings (SSSR count). The maximum atomic E-state index is 12.3. The quantitative estimate of drug-likeness (QED) is 0.513. The number of hydrogen-bond donors (Lipinski definition) is 0. The second-order valence-electron chi connectivity index (χ2n) is 2.92. The Balaban J connectivity index is 3.01. The van der Waals surface area contributed by atoms with Gasteiger partial charge in [0.1, 0.15) is 10.2 Å². The zero-order valence-electron chi connectivity index (χ0n) is 9.65. The molecule has 0 N–H and O–H groups in total. The van der Waals surface area contributed by atoms with Crippen LogP contribution in [0.1, 0.15) is 13.8 Å². The van der Waals surface area contributed by atoms with Crippen LogP contribution in [0.3, 0.4) is 0 Å². The van der Waals surface area contributed by atoms with Crippen LogP contribution in [0.5, 0.6) is 0 Å². The first-order valence-electron chi connectivity index (χ1n) is 5.02. The summed E-state index contributed by atoms with van der Waals surface area (Å²) in [4.78, 5) is 3.95. The van der Waals surface area contributed by atoms with Crippen molar-refractivity contribution in [1.29, 1.82) is 0 Å². The predicted octanol–water partition coefficient (Wildman–Crippen LogP) is 5.32. The minimum atomic E-state index is -3.34. The summed E-state index contributed by atoms with van der Waals surface area (Å²) >= 11 is 18.3. The van der Waals surface area contributed by atoms with E-state index in [0.717, 1.165) is 11.4 Å². The van der Waals surface area contributed by atoms with E-state index < -0.39 is 6.80 Å². The lowest BCUT2D eigenvalue weighted by molar-refractivity contribution is 0.237. The standard InChI is InChI=1S/C9H11Cl3NO3PS/c1-3-15-17(14,16-4-2)18-9-7(11)5-6(10)8(12)13-9/h5H,3-4H2,1-2H3. The molecule has 0 saturated heterocycles. The Morgan fingerprint density at radius 1 is 1.22 bits per heavy atom. The van der Waals surface area contributed by atoms with E-state index in [4.69, 9.17) is 43.9 Å². The third kappa shape index (κ3) is 4.57. The van der Waals surface area contributed by atoms with Crippen molar-refractivity contribution in [3.8, 4) is 0 Å². The zero-order chi connectivity index (χ0) is 13.8. The molecule has 4 nitrogen and oxygen atoms in total. The highest BCUT2D eigenvalue weighted by molar-refractivity contribution is 8.55. The molecule has 0 radical (unpaired) electrons. The monoisotopic (exact) mass is 349 g/mol. The van der Waals surface area contributed by atoms with Crippen LogP contribution in [0.15, 0.2) is 11.1 Å². The van der Waals surface area contributed by atoms with Gasteiger partial charge in [0.2, 0.25) is 0 Å². The number of aromatic nitrogens is 1. The maximum Gasteiger partial charge on any atom is 0.395 e. The van der Waals surface area contributed by atoms with Crippen LogP contribution in [0.2, 0.25) is 15.2 Å². The first kappa shape index (κ1) is 16.6. The van der Waals surface area contributed by atoms with Gasteiger partial charge in [-0.2, -0.15) is 0 Å². The molecule has 0 bridgehead atoms. The average molecular weight is 351 g/mol. The van der Waals surface area contributed by atoms with E-state index >= 15 is 0 Å². The van der Waals surface area contributed by atoms with E-state index in [-0.39, 0.29) is 33.4 Å². The molecular weight excluding hydrogens is 340 g/mol. The number of halogens is 3. The Morgan fingerprint density at radius 2 is 1.78 bits per heavy atom. The van der Waals surface area contributed by atoms with Gasteiger partial charge < -0.3 is 9.05 Å². The van der Waals surface area contributed by atoms with Gasteiger partial charge in [-0.3, -0.25) is 0 Å². The molecule has 0 atom stereocenters. The molecular formula is C9H11Cl3NO3PS. The summed E-state index contributed by atoms with van der Waals surface area (Å²) in [6, 6.07) is 1.43. The van der Waals surface area contributed by atoms with Gasteiger partial charge >= 0.3 is 6.80 Å². The Morgan fingerprint density at radius 3 is 2.28 bits per heavy atom. The molecule has 0 aliphatic rings. The minimum Gasteiger partial charge on any atom is -0.301 e. The molecule has 0 aliphatic carbocycles. The highest BCUT2D eigenvalue weighted by atomic mass is 35.5. The second kappa shape index (κ2) is 7.34. The number of nitrogens with zero attached hydrogens (tertiary/aromatic N) is 1. The van der Waals surface area contributed by atoms with Crippen molar-refractivity contribution in [1.82, 2.24) is 4.98 Å². The molecule has 0 unspecified atom stereocenters. The summed E-state index contributed by atoms with van der Waals surface area (Å²) in [6.07, 6.45) is 0. The lowest BCUT2D eigenvalue weighted by atomic mass is 10.5. The number of hydrogen-bond acceptors (Lipinski definition) is 5. The van der Waals surface area contributed by atoms with E-state index in [1.165, 1.54) is 6.07 Å². The third-order valence-electron chi connectivity index (χ3n) is 1.63. The fourth-order valence-electron chi connectivity index (χ4n) is 1.00. The van der Waals surface area contributed by atoms with Crippen molar-refractivity contribution < 1.29 is 13.6 Å². The lowest BCUT2D eigenvalue weighted by Gasteiger charge is -2.16. The fraction of sp³-hybridized carbons (Fsp3) is 0.444. The van der Waals surface area contributed by atoms with E-state index in [1.807, 2.05) is 0 Å². The Labute approximate surface area is 125 Å². The molecule has 0 aromatic carbocycles. The van der Waals surface area contributed by atoms with Crippen LogP contribution in [0, 0.1) is 0 Å². The van der Waals surface area contributed by atoms with Crippen LogP contribution in [0.4, 0.5) is 0 Å². The maximum absolute atomic E-state index is 12.3. The van der Waals surface area contributed by atoms with E-state index in [1.54, 1.807) is 13.8 Å². The van der Waals surface area contributed by atoms with Crippen molar-refractivity contribution in [3.05, 3.63) is 21.3 Å². The molecule has 0 aliphatic heterocycles. The minimum absolute atomic E-state index is 0.0862. The summed E-state index contributed by atoms with van der Waals surface area (Å²) in [5.41, 5.74) is 0. The van der Waals surface area contributed by atoms with Gasteiger partial charge in [-0.05, 0) is 19.9 Å². The Bertz CT molecular complexity index is 465. The van der Waals surface area contributed by atoms with Crippen molar-refractivity contribution >= 4 is 53.0 Å². The van der Waals surface area contributed by atoms with Gasteiger partial charge in [-0.1, -0.05) is 34.8 Å². The van der Waals surface area contributed by atoms with Crippen molar-refractivity contribution in [3.63, 3.8) is 0 Å². The normalized spacial score (nSPS) is 11.8. The molecule has 9 heteroatoms.